The number of alkyl halides is 3. The molecule has 0 amide bonds. The summed E-state index contributed by atoms with van der Waals surface area (Å²) in [5.41, 5.74) is 0.142. The van der Waals surface area contributed by atoms with Crippen LogP contribution < -0.4 is 0 Å². The normalized spacial score (nSPS) is 16.1. The van der Waals surface area contributed by atoms with Gasteiger partial charge in [-0.25, -0.2) is 9.78 Å². The molecule has 1 aromatic carbocycles. The minimum atomic E-state index is -4.41. The van der Waals surface area contributed by atoms with E-state index >= 15 is 0 Å². The number of benzene rings is 1. The molecular weight excluding hydrogens is 357 g/mol. The van der Waals surface area contributed by atoms with Gasteiger partial charge in [-0.15, -0.1) is 11.3 Å². The molecule has 0 saturated carbocycles. The van der Waals surface area contributed by atoms with Gasteiger partial charge >= 0.3 is 12.1 Å². The molecule has 0 bridgehead atoms. The van der Waals surface area contributed by atoms with Crippen LogP contribution in [0.4, 0.5) is 13.2 Å². The molecule has 0 radical (unpaired) electrons. The number of morpholine rings is 1. The number of thiazole rings is 1. The molecule has 0 spiro atoms. The van der Waals surface area contributed by atoms with Crippen molar-refractivity contribution in [2.45, 2.75) is 12.7 Å². The van der Waals surface area contributed by atoms with E-state index in [0.717, 1.165) is 23.5 Å². The van der Waals surface area contributed by atoms with Crippen molar-refractivity contribution >= 4 is 17.3 Å². The van der Waals surface area contributed by atoms with Crippen LogP contribution in [0.5, 0.6) is 0 Å². The SMILES string of the molecule is O=C(O)c1sc(-c2ccc(C(F)(F)F)cc2)nc1CN1CCOCC1. The zero-order chi connectivity index (χ0) is 18.0. The van der Waals surface area contributed by atoms with E-state index in [1.165, 1.54) is 12.1 Å². The molecular formula is C16H15F3N2O3S. The van der Waals surface area contributed by atoms with E-state index in [-0.39, 0.29) is 4.88 Å². The molecule has 0 aliphatic carbocycles. The molecule has 0 unspecified atom stereocenters. The topological polar surface area (TPSA) is 62.7 Å². The fourth-order valence-corrected chi connectivity index (χ4v) is 3.44. The van der Waals surface area contributed by atoms with Gasteiger partial charge in [0.25, 0.3) is 0 Å². The number of rotatable bonds is 4. The lowest BCUT2D eigenvalue weighted by Gasteiger charge is -2.25. The first kappa shape index (κ1) is 17.8. The van der Waals surface area contributed by atoms with E-state index in [1.54, 1.807) is 0 Å². The summed E-state index contributed by atoms with van der Waals surface area (Å²) < 4.78 is 43.2. The van der Waals surface area contributed by atoms with Gasteiger partial charge in [-0.2, -0.15) is 13.2 Å². The third-order valence-corrected chi connectivity index (χ3v) is 4.96. The summed E-state index contributed by atoms with van der Waals surface area (Å²) in [5.74, 6) is -1.08. The highest BCUT2D eigenvalue weighted by Crippen LogP contribution is 2.33. The summed E-state index contributed by atoms with van der Waals surface area (Å²) >= 11 is 0.973. The minimum absolute atomic E-state index is 0.112. The highest BCUT2D eigenvalue weighted by molar-refractivity contribution is 7.17. The quantitative estimate of drug-likeness (QED) is 0.892. The first-order valence-corrected chi connectivity index (χ1v) is 8.37. The maximum Gasteiger partial charge on any atom is 0.416 e. The highest BCUT2D eigenvalue weighted by Gasteiger charge is 2.30. The second-order valence-corrected chi connectivity index (χ2v) is 6.56. The second-order valence-electron chi connectivity index (χ2n) is 5.56. The van der Waals surface area contributed by atoms with Gasteiger partial charge in [0, 0.05) is 25.2 Å². The van der Waals surface area contributed by atoms with Crippen molar-refractivity contribution in [2.75, 3.05) is 26.3 Å². The van der Waals surface area contributed by atoms with Crippen LogP contribution in [0.15, 0.2) is 24.3 Å². The van der Waals surface area contributed by atoms with Crippen LogP contribution in [0.1, 0.15) is 20.9 Å². The Morgan fingerprint density at radius 2 is 1.88 bits per heavy atom. The summed E-state index contributed by atoms with van der Waals surface area (Å²) in [5, 5.41) is 9.78. The molecule has 0 atom stereocenters. The highest BCUT2D eigenvalue weighted by atomic mass is 32.1. The lowest BCUT2D eigenvalue weighted by molar-refractivity contribution is -0.137. The first-order valence-electron chi connectivity index (χ1n) is 7.55. The number of carboxylic acids is 1. The van der Waals surface area contributed by atoms with E-state index in [9.17, 15) is 23.1 Å². The number of ether oxygens (including phenoxy) is 1. The fraction of sp³-hybridized carbons (Fsp3) is 0.375. The van der Waals surface area contributed by atoms with Crippen molar-refractivity contribution in [1.29, 1.82) is 0 Å². The van der Waals surface area contributed by atoms with Crippen molar-refractivity contribution in [2.24, 2.45) is 0 Å². The van der Waals surface area contributed by atoms with Gasteiger partial charge in [0.15, 0.2) is 0 Å². The van der Waals surface area contributed by atoms with Crippen molar-refractivity contribution in [3.8, 4) is 10.6 Å². The van der Waals surface area contributed by atoms with E-state index < -0.39 is 17.7 Å². The molecule has 3 rings (SSSR count). The van der Waals surface area contributed by atoms with Gasteiger partial charge in [0.05, 0.1) is 24.5 Å². The smallest absolute Gasteiger partial charge is 0.416 e. The summed E-state index contributed by atoms with van der Waals surface area (Å²) in [6.07, 6.45) is -4.41. The Balaban J connectivity index is 1.86. The molecule has 1 aliphatic heterocycles. The van der Waals surface area contributed by atoms with Gasteiger partial charge < -0.3 is 9.84 Å². The average molecular weight is 372 g/mol. The monoisotopic (exact) mass is 372 g/mol. The summed E-state index contributed by atoms with van der Waals surface area (Å²) in [7, 11) is 0. The van der Waals surface area contributed by atoms with Crippen molar-refractivity contribution in [3.63, 3.8) is 0 Å². The zero-order valence-electron chi connectivity index (χ0n) is 13.0. The maximum atomic E-state index is 12.7. The van der Waals surface area contributed by atoms with E-state index in [2.05, 4.69) is 4.98 Å². The minimum Gasteiger partial charge on any atom is -0.477 e. The van der Waals surface area contributed by atoms with Gasteiger partial charge in [0.1, 0.15) is 9.88 Å². The van der Waals surface area contributed by atoms with Gasteiger partial charge in [-0.05, 0) is 12.1 Å². The third kappa shape index (κ3) is 4.17. The van der Waals surface area contributed by atoms with E-state index in [4.69, 9.17) is 4.74 Å². The summed E-state index contributed by atoms with van der Waals surface area (Å²) in [4.78, 5) is 18.0. The number of carboxylic acid groups (broad SMARTS) is 1. The first-order chi connectivity index (χ1) is 11.8. The zero-order valence-corrected chi connectivity index (χ0v) is 13.9. The lowest BCUT2D eigenvalue weighted by Crippen LogP contribution is -2.36. The third-order valence-electron chi connectivity index (χ3n) is 3.83. The molecule has 1 aliphatic rings. The second kappa shape index (κ2) is 7.11. The number of aromatic nitrogens is 1. The average Bonchev–Trinajstić information content (AvgIpc) is 2.99. The Kier molecular flexibility index (Phi) is 5.07. The Labute approximate surface area is 145 Å². The lowest BCUT2D eigenvalue weighted by atomic mass is 10.1. The van der Waals surface area contributed by atoms with Gasteiger partial charge in [-0.1, -0.05) is 12.1 Å². The molecule has 134 valence electrons. The van der Waals surface area contributed by atoms with Crippen molar-refractivity contribution < 1.29 is 27.8 Å². The predicted molar refractivity (Wildman–Crippen MR) is 85.6 cm³/mol. The molecule has 2 heterocycles. The molecule has 25 heavy (non-hydrogen) atoms. The van der Waals surface area contributed by atoms with Crippen LogP contribution in [0, 0.1) is 0 Å². The Bertz CT molecular complexity index is 753. The molecule has 9 heteroatoms. The number of halogens is 3. The van der Waals surface area contributed by atoms with Crippen LogP contribution in [0.3, 0.4) is 0 Å². The van der Waals surface area contributed by atoms with E-state index in [0.29, 0.717) is 49.1 Å². The van der Waals surface area contributed by atoms with Crippen molar-refractivity contribution in [1.82, 2.24) is 9.88 Å². The number of hydrogen-bond acceptors (Lipinski definition) is 5. The number of carbonyl (C=O) groups is 1. The van der Waals surface area contributed by atoms with Crippen molar-refractivity contribution in [3.05, 3.63) is 40.4 Å². The molecule has 1 aromatic heterocycles. The fourth-order valence-electron chi connectivity index (χ4n) is 2.52. The molecule has 5 nitrogen and oxygen atoms in total. The number of aromatic carboxylic acids is 1. The molecule has 1 fully saturated rings. The van der Waals surface area contributed by atoms with Crippen LogP contribution >= 0.6 is 11.3 Å². The van der Waals surface area contributed by atoms with Crippen LogP contribution in [-0.2, 0) is 17.5 Å². The number of nitrogens with zero attached hydrogens (tertiary/aromatic N) is 2. The van der Waals surface area contributed by atoms with Gasteiger partial charge in [-0.3, -0.25) is 4.90 Å². The molecule has 1 saturated heterocycles. The Morgan fingerprint density at radius 3 is 2.44 bits per heavy atom. The predicted octanol–water partition coefficient (Wildman–Crippen LogP) is 3.36. The van der Waals surface area contributed by atoms with Crippen LogP contribution in [-0.4, -0.2) is 47.3 Å². The standard InChI is InChI=1S/C16H15F3N2O3S/c17-16(18,19)11-3-1-10(2-4-11)14-20-12(13(25-14)15(22)23)9-21-5-7-24-8-6-21/h1-4H,5-9H2,(H,22,23). The summed E-state index contributed by atoms with van der Waals surface area (Å²) in [6.45, 7) is 2.91. The van der Waals surface area contributed by atoms with Crippen LogP contribution in [0.25, 0.3) is 10.6 Å². The van der Waals surface area contributed by atoms with Gasteiger partial charge in [0.2, 0.25) is 0 Å². The Morgan fingerprint density at radius 1 is 1.24 bits per heavy atom. The van der Waals surface area contributed by atoms with Crippen LogP contribution in [0.2, 0.25) is 0 Å². The molecule has 1 N–H and O–H groups in total. The Hall–Kier alpha value is -1.97. The number of hydrogen-bond donors (Lipinski definition) is 1. The van der Waals surface area contributed by atoms with E-state index in [1.807, 2.05) is 4.90 Å². The summed E-state index contributed by atoms with van der Waals surface area (Å²) in [6, 6.07) is 4.56. The largest absolute Gasteiger partial charge is 0.477 e. The molecule has 2 aromatic rings. The maximum absolute atomic E-state index is 12.7.